The quantitative estimate of drug-likeness (QED) is 0.656. The van der Waals surface area contributed by atoms with E-state index in [2.05, 4.69) is 29.8 Å². The van der Waals surface area contributed by atoms with Crippen LogP contribution in [0.4, 0.5) is 0 Å². The molecule has 1 amide bonds. The number of hydrogen-bond acceptors (Lipinski definition) is 3. The topological polar surface area (TPSA) is 32.3 Å². The van der Waals surface area contributed by atoms with E-state index in [1.165, 1.54) is 11.3 Å². The van der Waals surface area contributed by atoms with Crippen LogP contribution < -0.4 is 5.32 Å². The zero-order valence-corrected chi connectivity index (χ0v) is 15.0. The molecule has 1 atom stereocenters. The first-order valence-electron chi connectivity index (χ1n) is 8.55. The molecule has 25 heavy (non-hydrogen) atoms. The summed E-state index contributed by atoms with van der Waals surface area (Å²) >= 11 is 1.59. The van der Waals surface area contributed by atoms with Crippen LogP contribution in [0.2, 0.25) is 0 Å². The molecule has 3 nitrogen and oxygen atoms in total. The van der Waals surface area contributed by atoms with Gasteiger partial charge in [0.05, 0.1) is 11.4 Å². The number of carbonyl (C=O) groups is 1. The monoisotopic (exact) mass is 350 g/mol. The van der Waals surface area contributed by atoms with Crippen LogP contribution in [0.5, 0.6) is 0 Å². The van der Waals surface area contributed by atoms with Crippen molar-refractivity contribution in [2.24, 2.45) is 0 Å². The summed E-state index contributed by atoms with van der Waals surface area (Å²) in [5.74, 6) is 6.23. The molecule has 2 aromatic rings. The molecule has 1 unspecified atom stereocenters. The highest BCUT2D eigenvalue weighted by atomic mass is 32.1. The van der Waals surface area contributed by atoms with Gasteiger partial charge in [0.25, 0.3) is 5.91 Å². The van der Waals surface area contributed by atoms with Gasteiger partial charge in [-0.05, 0) is 43.7 Å². The molecule has 128 valence electrons. The van der Waals surface area contributed by atoms with Gasteiger partial charge in [0.1, 0.15) is 0 Å². The van der Waals surface area contributed by atoms with Gasteiger partial charge in [-0.15, -0.1) is 17.9 Å². The predicted octanol–water partition coefficient (Wildman–Crippen LogP) is 3.85. The summed E-state index contributed by atoms with van der Waals surface area (Å²) in [4.78, 5) is 16.6. The molecule has 1 N–H and O–H groups in total. The van der Waals surface area contributed by atoms with E-state index < -0.39 is 0 Å². The van der Waals surface area contributed by atoms with E-state index in [0.717, 1.165) is 23.4 Å². The van der Waals surface area contributed by atoms with Gasteiger partial charge in [-0.1, -0.05) is 36.1 Å². The molecule has 1 aromatic carbocycles. The summed E-state index contributed by atoms with van der Waals surface area (Å²) in [5, 5.41) is 3.48. The lowest BCUT2D eigenvalue weighted by molar-refractivity contribution is 0.0798. The van der Waals surface area contributed by atoms with Crippen LogP contribution in [-0.2, 0) is 0 Å². The van der Waals surface area contributed by atoms with Gasteiger partial charge in [-0.2, -0.15) is 0 Å². The normalized spacial score (nSPS) is 16.1. The van der Waals surface area contributed by atoms with Crippen molar-refractivity contribution < 1.29 is 4.79 Å². The van der Waals surface area contributed by atoms with E-state index in [1.54, 1.807) is 22.3 Å². The molecule has 1 aliphatic heterocycles. The van der Waals surface area contributed by atoms with Crippen LogP contribution in [0, 0.1) is 11.8 Å². The van der Waals surface area contributed by atoms with Crippen molar-refractivity contribution >= 4 is 17.2 Å². The van der Waals surface area contributed by atoms with Crippen molar-refractivity contribution in [2.45, 2.75) is 18.9 Å². The van der Waals surface area contributed by atoms with E-state index in [1.807, 2.05) is 36.4 Å². The second-order valence-corrected chi connectivity index (χ2v) is 7.11. The Hall–Kier alpha value is -2.35. The minimum atomic E-state index is 0.0245. The Bertz CT molecular complexity index is 779. The average molecular weight is 350 g/mol. The largest absolute Gasteiger partial charge is 0.323 e. The molecule has 1 saturated heterocycles. The lowest BCUT2D eigenvalue weighted by Crippen LogP contribution is -2.31. The maximum Gasteiger partial charge on any atom is 0.264 e. The van der Waals surface area contributed by atoms with Crippen LogP contribution in [0.15, 0.2) is 55.1 Å². The molecule has 1 aromatic heterocycles. The van der Waals surface area contributed by atoms with Crippen LogP contribution in [0.1, 0.15) is 39.0 Å². The highest BCUT2D eigenvalue weighted by Gasteiger charge is 2.21. The van der Waals surface area contributed by atoms with Crippen LogP contribution >= 0.6 is 11.3 Å². The van der Waals surface area contributed by atoms with Gasteiger partial charge in [0, 0.05) is 23.0 Å². The SMILES string of the molecule is C=CCN(CC#Cc1ccccc1)C(=O)c1ccc(C2CCCN2)s1. The Labute approximate surface area is 153 Å². The predicted molar refractivity (Wildman–Crippen MR) is 104 cm³/mol. The third-order valence-corrected chi connectivity index (χ3v) is 5.34. The first-order chi connectivity index (χ1) is 12.3. The van der Waals surface area contributed by atoms with Gasteiger partial charge in [-0.3, -0.25) is 4.79 Å². The number of nitrogens with one attached hydrogen (secondary N) is 1. The summed E-state index contributed by atoms with van der Waals surface area (Å²) in [7, 11) is 0. The molecule has 4 heteroatoms. The number of nitrogens with zero attached hydrogens (tertiary/aromatic N) is 1. The van der Waals surface area contributed by atoms with E-state index in [-0.39, 0.29) is 5.91 Å². The summed E-state index contributed by atoms with van der Waals surface area (Å²) < 4.78 is 0. The number of thiophene rings is 1. The Morgan fingerprint density at radius 1 is 1.32 bits per heavy atom. The summed E-state index contributed by atoms with van der Waals surface area (Å²) in [6.45, 7) is 5.72. The van der Waals surface area contributed by atoms with E-state index in [0.29, 0.717) is 19.1 Å². The van der Waals surface area contributed by atoms with Crippen LogP contribution in [-0.4, -0.2) is 30.4 Å². The fraction of sp³-hybridized carbons (Fsp3) is 0.286. The molecule has 0 bridgehead atoms. The number of hydrogen-bond donors (Lipinski definition) is 1. The van der Waals surface area contributed by atoms with Crippen LogP contribution in [0.25, 0.3) is 0 Å². The highest BCUT2D eigenvalue weighted by molar-refractivity contribution is 7.14. The molecule has 0 radical (unpaired) electrons. The number of carbonyl (C=O) groups excluding carboxylic acids is 1. The summed E-state index contributed by atoms with van der Waals surface area (Å²) in [6, 6.07) is 14.2. The lowest BCUT2D eigenvalue weighted by Gasteiger charge is -2.17. The maximum absolute atomic E-state index is 12.8. The minimum absolute atomic E-state index is 0.0245. The minimum Gasteiger partial charge on any atom is -0.323 e. The Kier molecular flexibility index (Phi) is 6.05. The number of benzene rings is 1. The lowest BCUT2D eigenvalue weighted by atomic mass is 10.2. The summed E-state index contributed by atoms with van der Waals surface area (Å²) in [5.41, 5.74) is 0.958. The highest BCUT2D eigenvalue weighted by Crippen LogP contribution is 2.29. The molecule has 0 saturated carbocycles. The van der Waals surface area contributed by atoms with E-state index in [9.17, 15) is 4.79 Å². The van der Waals surface area contributed by atoms with Crippen LogP contribution in [0.3, 0.4) is 0 Å². The molecular weight excluding hydrogens is 328 g/mol. The zero-order chi connectivity index (χ0) is 17.5. The summed E-state index contributed by atoms with van der Waals surface area (Å²) in [6.07, 6.45) is 4.09. The number of amides is 1. The van der Waals surface area contributed by atoms with Crippen molar-refractivity contribution in [3.63, 3.8) is 0 Å². The third-order valence-electron chi connectivity index (χ3n) is 4.15. The van der Waals surface area contributed by atoms with Gasteiger partial charge in [0.2, 0.25) is 0 Å². The number of rotatable bonds is 5. The molecule has 1 aliphatic rings. The fourth-order valence-corrected chi connectivity index (χ4v) is 3.96. The Balaban J connectivity index is 1.68. The standard InChI is InChI=1S/C21H22N2OS/c1-2-15-23(16-7-10-17-8-4-3-5-9-17)21(24)20-13-12-19(25-20)18-11-6-14-22-18/h2-5,8-9,12-13,18,22H,1,6,11,14-16H2. The van der Waals surface area contributed by atoms with E-state index >= 15 is 0 Å². The average Bonchev–Trinajstić information content (AvgIpc) is 3.32. The first kappa shape index (κ1) is 17.5. The van der Waals surface area contributed by atoms with Gasteiger partial charge < -0.3 is 10.2 Å². The van der Waals surface area contributed by atoms with Crippen molar-refractivity contribution in [2.75, 3.05) is 19.6 Å². The molecule has 2 heterocycles. The maximum atomic E-state index is 12.8. The van der Waals surface area contributed by atoms with Crippen molar-refractivity contribution in [1.29, 1.82) is 0 Å². The molecule has 0 aliphatic carbocycles. The fourth-order valence-electron chi connectivity index (χ4n) is 2.87. The molecule has 1 fully saturated rings. The Morgan fingerprint density at radius 3 is 2.88 bits per heavy atom. The van der Waals surface area contributed by atoms with Crippen molar-refractivity contribution in [3.8, 4) is 11.8 Å². The zero-order valence-electron chi connectivity index (χ0n) is 14.2. The first-order valence-corrected chi connectivity index (χ1v) is 9.37. The molecule has 0 spiro atoms. The smallest absolute Gasteiger partial charge is 0.264 e. The second-order valence-electron chi connectivity index (χ2n) is 5.99. The van der Waals surface area contributed by atoms with Gasteiger partial charge in [-0.25, -0.2) is 0 Å². The molecule has 3 rings (SSSR count). The van der Waals surface area contributed by atoms with Gasteiger partial charge in [0.15, 0.2) is 0 Å². The van der Waals surface area contributed by atoms with Gasteiger partial charge >= 0.3 is 0 Å². The van der Waals surface area contributed by atoms with Crippen molar-refractivity contribution in [1.82, 2.24) is 10.2 Å². The molecular formula is C21H22N2OS. The third kappa shape index (κ3) is 4.60. The van der Waals surface area contributed by atoms with E-state index in [4.69, 9.17) is 0 Å². The second kappa shape index (κ2) is 8.66. The Morgan fingerprint density at radius 2 is 2.16 bits per heavy atom. The van der Waals surface area contributed by atoms with Crippen molar-refractivity contribution in [3.05, 3.63) is 70.4 Å².